The van der Waals surface area contributed by atoms with Crippen LogP contribution in [0.3, 0.4) is 0 Å². The van der Waals surface area contributed by atoms with Crippen LogP contribution in [-0.4, -0.2) is 44.2 Å². The summed E-state index contributed by atoms with van der Waals surface area (Å²) < 4.78 is 25.2. The second-order valence-electron chi connectivity index (χ2n) is 5.71. The van der Waals surface area contributed by atoms with Crippen molar-refractivity contribution in [1.29, 1.82) is 0 Å². The van der Waals surface area contributed by atoms with E-state index in [9.17, 15) is 18.0 Å². The van der Waals surface area contributed by atoms with Gasteiger partial charge in [-0.05, 0) is 30.5 Å². The van der Waals surface area contributed by atoms with Gasteiger partial charge in [-0.2, -0.15) is 0 Å². The third kappa shape index (κ3) is 4.44. The van der Waals surface area contributed by atoms with Crippen LogP contribution < -0.4 is 9.62 Å². The monoisotopic (exact) mass is 340 g/mol. The van der Waals surface area contributed by atoms with Crippen molar-refractivity contribution in [3.63, 3.8) is 0 Å². The minimum absolute atomic E-state index is 0.0215. The lowest BCUT2D eigenvalue weighted by Crippen LogP contribution is -2.30. The topological polar surface area (TPSA) is 104 Å². The molecule has 0 saturated carbocycles. The SMILES string of the molecule is CC(CNC(=O)c1cccc(N2CCCS2(=O)=O)c1)CC(=O)O. The van der Waals surface area contributed by atoms with Crippen LogP contribution in [0.5, 0.6) is 0 Å². The maximum atomic E-state index is 12.1. The number of nitrogens with zero attached hydrogens (tertiary/aromatic N) is 1. The fourth-order valence-electron chi connectivity index (χ4n) is 2.47. The van der Waals surface area contributed by atoms with E-state index in [0.717, 1.165) is 0 Å². The highest BCUT2D eigenvalue weighted by atomic mass is 32.2. The summed E-state index contributed by atoms with van der Waals surface area (Å²) in [5.41, 5.74) is 0.834. The molecular formula is C15H20N2O5S. The van der Waals surface area contributed by atoms with Gasteiger partial charge in [0.1, 0.15) is 0 Å². The van der Waals surface area contributed by atoms with E-state index in [1.54, 1.807) is 31.2 Å². The number of rotatable bonds is 6. The quantitative estimate of drug-likeness (QED) is 0.806. The van der Waals surface area contributed by atoms with Gasteiger partial charge in [0.25, 0.3) is 5.91 Å². The van der Waals surface area contributed by atoms with Crippen LogP contribution in [0.25, 0.3) is 0 Å². The average molecular weight is 340 g/mol. The van der Waals surface area contributed by atoms with E-state index in [1.165, 1.54) is 4.31 Å². The van der Waals surface area contributed by atoms with Gasteiger partial charge in [0.05, 0.1) is 11.4 Å². The molecule has 1 amide bonds. The first-order valence-corrected chi connectivity index (χ1v) is 9.01. The highest BCUT2D eigenvalue weighted by molar-refractivity contribution is 7.93. The predicted octanol–water partition coefficient (Wildman–Crippen LogP) is 1.07. The molecule has 1 heterocycles. The van der Waals surface area contributed by atoms with Gasteiger partial charge in [0, 0.05) is 25.1 Å². The van der Waals surface area contributed by atoms with Crippen LogP contribution in [-0.2, 0) is 14.8 Å². The molecule has 23 heavy (non-hydrogen) atoms. The maximum absolute atomic E-state index is 12.1. The molecule has 8 heteroatoms. The predicted molar refractivity (Wildman–Crippen MR) is 85.9 cm³/mol. The molecule has 126 valence electrons. The Balaban J connectivity index is 2.05. The Bertz CT molecular complexity index is 702. The first-order valence-electron chi connectivity index (χ1n) is 7.40. The number of amides is 1. The number of anilines is 1. The lowest BCUT2D eigenvalue weighted by Gasteiger charge is -2.17. The third-order valence-electron chi connectivity index (χ3n) is 3.63. The van der Waals surface area contributed by atoms with Crippen molar-refractivity contribution in [2.75, 3.05) is 23.1 Å². The zero-order chi connectivity index (χ0) is 17.0. The summed E-state index contributed by atoms with van der Waals surface area (Å²) in [6.07, 6.45) is 0.553. The molecule has 2 rings (SSSR count). The van der Waals surface area contributed by atoms with Crippen molar-refractivity contribution in [3.05, 3.63) is 29.8 Å². The summed E-state index contributed by atoms with van der Waals surface area (Å²) in [5.74, 6) is -1.32. The van der Waals surface area contributed by atoms with E-state index in [2.05, 4.69) is 5.32 Å². The lowest BCUT2D eigenvalue weighted by atomic mass is 10.1. The molecule has 1 aromatic carbocycles. The number of carboxylic acid groups (broad SMARTS) is 1. The molecule has 0 radical (unpaired) electrons. The fourth-order valence-corrected chi connectivity index (χ4v) is 4.03. The van der Waals surface area contributed by atoms with Gasteiger partial charge in [0.2, 0.25) is 10.0 Å². The van der Waals surface area contributed by atoms with Crippen molar-refractivity contribution >= 4 is 27.6 Å². The van der Waals surface area contributed by atoms with E-state index in [-0.39, 0.29) is 30.5 Å². The zero-order valence-electron chi connectivity index (χ0n) is 12.9. The van der Waals surface area contributed by atoms with E-state index < -0.39 is 16.0 Å². The Morgan fingerprint density at radius 1 is 1.39 bits per heavy atom. The minimum atomic E-state index is -3.29. The Hall–Kier alpha value is -2.09. The Morgan fingerprint density at radius 3 is 2.74 bits per heavy atom. The van der Waals surface area contributed by atoms with Gasteiger partial charge >= 0.3 is 5.97 Å². The van der Waals surface area contributed by atoms with E-state index in [4.69, 9.17) is 5.11 Å². The summed E-state index contributed by atoms with van der Waals surface area (Å²) in [4.78, 5) is 22.7. The smallest absolute Gasteiger partial charge is 0.303 e. The molecule has 0 bridgehead atoms. The molecule has 0 spiro atoms. The van der Waals surface area contributed by atoms with Crippen LogP contribution in [0, 0.1) is 5.92 Å². The van der Waals surface area contributed by atoms with Gasteiger partial charge in [0.15, 0.2) is 0 Å². The second-order valence-corrected chi connectivity index (χ2v) is 7.72. The van der Waals surface area contributed by atoms with E-state index >= 15 is 0 Å². The van der Waals surface area contributed by atoms with Gasteiger partial charge in [-0.25, -0.2) is 8.42 Å². The van der Waals surface area contributed by atoms with E-state index in [0.29, 0.717) is 24.2 Å². The lowest BCUT2D eigenvalue weighted by molar-refractivity contribution is -0.137. The minimum Gasteiger partial charge on any atom is -0.481 e. The summed E-state index contributed by atoms with van der Waals surface area (Å²) in [6.45, 7) is 2.40. The highest BCUT2D eigenvalue weighted by Gasteiger charge is 2.28. The molecule has 1 unspecified atom stereocenters. The zero-order valence-corrected chi connectivity index (χ0v) is 13.7. The molecule has 1 aliphatic heterocycles. The summed E-state index contributed by atoms with van der Waals surface area (Å²) in [6, 6.07) is 6.44. The normalized spacial score (nSPS) is 17.7. The van der Waals surface area contributed by atoms with Crippen molar-refractivity contribution in [2.24, 2.45) is 5.92 Å². The first-order chi connectivity index (χ1) is 10.8. The number of nitrogens with one attached hydrogen (secondary N) is 1. The number of carbonyl (C=O) groups excluding carboxylic acids is 1. The van der Waals surface area contributed by atoms with Gasteiger partial charge < -0.3 is 10.4 Å². The summed E-state index contributed by atoms with van der Waals surface area (Å²) >= 11 is 0. The molecule has 7 nitrogen and oxygen atoms in total. The van der Waals surface area contributed by atoms with Crippen LogP contribution in [0.2, 0.25) is 0 Å². The largest absolute Gasteiger partial charge is 0.481 e. The third-order valence-corrected chi connectivity index (χ3v) is 5.50. The number of carboxylic acids is 1. The van der Waals surface area contributed by atoms with Crippen molar-refractivity contribution in [1.82, 2.24) is 5.32 Å². The number of hydrogen-bond acceptors (Lipinski definition) is 4. The molecular weight excluding hydrogens is 320 g/mol. The molecule has 1 fully saturated rings. The van der Waals surface area contributed by atoms with Crippen LogP contribution in [0.1, 0.15) is 30.1 Å². The van der Waals surface area contributed by atoms with Gasteiger partial charge in [-0.15, -0.1) is 0 Å². The number of carbonyl (C=O) groups is 2. The van der Waals surface area contributed by atoms with Crippen molar-refractivity contribution < 1.29 is 23.1 Å². The molecule has 2 N–H and O–H groups in total. The average Bonchev–Trinajstić information content (AvgIpc) is 2.83. The van der Waals surface area contributed by atoms with Crippen LogP contribution in [0.4, 0.5) is 5.69 Å². The molecule has 1 aromatic rings. The molecule has 0 aliphatic carbocycles. The van der Waals surface area contributed by atoms with Crippen molar-refractivity contribution in [2.45, 2.75) is 19.8 Å². The van der Waals surface area contributed by atoms with E-state index in [1.807, 2.05) is 0 Å². The Kier molecular flexibility index (Phi) is 5.25. The number of hydrogen-bond donors (Lipinski definition) is 2. The maximum Gasteiger partial charge on any atom is 0.303 e. The second kappa shape index (κ2) is 6.99. The number of benzene rings is 1. The fraction of sp³-hybridized carbons (Fsp3) is 0.467. The molecule has 1 atom stereocenters. The number of aliphatic carboxylic acids is 1. The summed E-state index contributed by atoms with van der Waals surface area (Å²) in [5, 5.41) is 11.4. The first kappa shape index (κ1) is 17.3. The van der Waals surface area contributed by atoms with Crippen molar-refractivity contribution in [3.8, 4) is 0 Å². The number of sulfonamides is 1. The Labute approximate surface area is 135 Å². The molecule has 1 aliphatic rings. The highest BCUT2D eigenvalue weighted by Crippen LogP contribution is 2.24. The van der Waals surface area contributed by atoms with Crippen LogP contribution >= 0.6 is 0 Å². The standard InChI is InChI=1S/C15H20N2O5S/c1-11(8-14(18)19)10-16-15(20)12-4-2-5-13(9-12)17-6-3-7-23(17,21)22/h2,4-5,9,11H,3,6-8,10H2,1H3,(H,16,20)(H,18,19). The van der Waals surface area contributed by atoms with Crippen LogP contribution in [0.15, 0.2) is 24.3 Å². The molecule has 1 saturated heterocycles. The Morgan fingerprint density at radius 2 is 2.13 bits per heavy atom. The van der Waals surface area contributed by atoms with Gasteiger partial charge in [-0.1, -0.05) is 13.0 Å². The molecule has 0 aromatic heterocycles. The van der Waals surface area contributed by atoms with Gasteiger partial charge in [-0.3, -0.25) is 13.9 Å². The summed E-state index contributed by atoms with van der Waals surface area (Å²) in [7, 11) is -3.29.